The molecule has 25 heavy (non-hydrogen) atoms. The Morgan fingerprint density at radius 1 is 1.00 bits per heavy atom. The molecule has 0 radical (unpaired) electrons. The monoisotopic (exact) mass is 337 g/mol. The van der Waals surface area contributed by atoms with E-state index in [1.807, 2.05) is 30.3 Å². The SMILES string of the molecule is O=C(Nc1ccc2c(c1)OCCO2)c1nnc(Cc2ccccc2)o1. The van der Waals surface area contributed by atoms with Crippen molar-refractivity contribution in [1.29, 1.82) is 0 Å². The molecule has 0 spiro atoms. The van der Waals surface area contributed by atoms with Crippen molar-refractivity contribution in [3.05, 3.63) is 65.9 Å². The van der Waals surface area contributed by atoms with E-state index in [0.717, 1.165) is 5.56 Å². The molecule has 2 aromatic carbocycles. The van der Waals surface area contributed by atoms with Gasteiger partial charge in [0, 0.05) is 11.8 Å². The minimum Gasteiger partial charge on any atom is -0.486 e. The van der Waals surface area contributed by atoms with Gasteiger partial charge in [-0.15, -0.1) is 10.2 Å². The molecule has 1 amide bonds. The number of amides is 1. The zero-order valence-corrected chi connectivity index (χ0v) is 13.3. The van der Waals surface area contributed by atoms with Crippen molar-refractivity contribution >= 4 is 11.6 Å². The maximum absolute atomic E-state index is 12.3. The van der Waals surface area contributed by atoms with E-state index in [1.54, 1.807) is 18.2 Å². The van der Waals surface area contributed by atoms with E-state index in [1.165, 1.54) is 0 Å². The van der Waals surface area contributed by atoms with Crippen LogP contribution < -0.4 is 14.8 Å². The van der Waals surface area contributed by atoms with Gasteiger partial charge in [-0.3, -0.25) is 4.79 Å². The third kappa shape index (κ3) is 3.45. The maximum Gasteiger partial charge on any atom is 0.313 e. The molecule has 1 aliphatic heterocycles. The third-order valence-electron chi connectivity index (χ3n) is 3.66. The number of hydrogen-bond donors (Lipinski definition) is 1. The molecule has 7 nitrogen and oxygen atoms in total. The zero-order chi connectivity index (χ0) is 17.1. The lowest BCUT2D eigenvalue weighted by atomic mass is 10.2. The largest absolute Gasteiger partial charge is 0.486 e. The van der Waals surface area contributed by atoms with Gasteiger partial charge in [0.2, 0.25) is 5.89 Å². The molecule has 0 saturated carbocycles. The summed E-state index contributed by atoms with van der Waals surface area (Å²) in [5.74, 6) is 1.09. The summed E-state index contributed by atoms with van der Waals surface area (Å²) in [5, 5.41) is 10.4. The summed E-state index contributed by atoms with van der Waals surface area (Å²) in [6.07, 6.45) is 0.477. The van der Waals surface area contributed by atoms with E-state index in [2.05, 4.69) is 15.5 Å². The number of ether oxygens (including phenoxy) is 2. The van der Waals surface area contributed by atoms with Gasteiger partial charge in [0.1, 0.15) is 13.2 Å². The predicted octanol–water partition coefficient (Wildman–Crippen LogP) is 2.68. The van der Waals surface area contributed by atoms with Gasteiger partial charge < -0.3 is 19.2 Å². The van der Waals surface area contributed by atoms with Crippen molar-refractivity contribution in [2.24, 2.45) is 0 Å². The first-order valence-corrected chi connectivity index (χ1v) is 7.85. The Kier molecular flexibility index (Phi) is 4.04. The average molecular weight is 337 g/mol. The number of fused-ring (bicyclic) bond motifs is 1. The minimum absolute atomic E-state index is 0.0826. The number of nitrogens with zero attached hydrogens (tertiary/aromatic N) is 2. The number of rotatable bonds is 4. The molecule has 0 aliphatic carbocycles. The van der Waals surface area contributed by atoms with Crippen molar-refractivity contribution in [2.45, 2.75) is 6.42 Å². The van der Waals surface area contributed by atoms with Crippen LogP contribution in [0.25, 0.3) is 0 Å². The van der Waals surface area contributed by atoms with Crippen LogP contribution in [0, 0.1) is 0 Å². The van der Waals surface area contributed by atoms with Crippen LogP contribution >= 0.6 is 0 Å². The summed E-state index contributed by atoms with van der Waals surface area (Å²) >= 11 is 0. The van der Waals surface area contributed by atoms with Crippen LogP contribution in [0.15, 0.2) is 52.9 Å². The number of nitrogens with one attached hydrogen (secondary N) is 1. The molecule has 4 rings (SSSR count). The van der Waals surface area contributed by atoms with E-state index in [-0.39, 0.29) is 5.89 Å². The van der Waals surface area contributed by atoms with Gasteiger partial charge >= 0.3 is 11.8 Å². The fourth-order valence-electron chi connectivity index (χ4n) is 2.49. The summed E-state index contributed by atoms with van der Waals surface area (Å²) in [6.45, 7) is 1.00. The maximum atomic E-state index is 12.3. The first kappa shape index (κ1) is 15.2. The molecular formula is C18H15N3O4. The van der Waals surface area contributed by atoms with Crippen LogP contribution in [-0.2, 0) is 6.42 Å². The first-order valence-electron chi connectivity index (χ1n) is 7.85. The molecule has 0 atom stereocenters. The predicted molar refractivity (Wildman–Crippen MR) is 88.9 cm³/mol. The number of carbonyl (C=O) groups excluding carboxylic acids is 1. The van der Waals surface area contributed by atoms with Crippen LogP contribution in [0.5, 0.6) is 11.5 Å². The van der Waals surface area contributed by atoms with Gasteiger partial charge in [0.25, 0.3) is 0 Å². The fraction of sp³-hybridized carbons (Fsp3) is 0.167. The normalized spacial score (nSPS) is 12.6. The molecule has 126 valence electrons. The van der Waals surface area contributed by atoms with Crippen molar-refractivity contribution in [1.82, 2.24) is 10.2 Å². The molecule has 0 fully saturated rings. The Balaban J connectivity index is 1.45. The zero-order valence-electron chi connectivity index (χ0n) is 13.3. The van der Waals surface area contributed by atoms with Crippen molar-refractivity contribution in [2.75, 3.05) is 18.5 Å². The molecule has 0 saturated heterocycles. The van der Waals surface area contributed by atoms with E-state index in [4.69, 9.17) is 13.9 Å². The summed E-state index contributed by atoms with van der Waals surface area (Å²) in [5.41, 5.74) is 1.60. The van der Waals surface area contributed by atoms with Gasteiger partial charge in [0.05, 0.1) is 6.42 Å². The van der Waals surface area contributed by atoms with Crippen molar-refractivity contribution in [3.63, 3.8) is 0 Å². The molecule has 1 aliphatic rings. The Morgan fingerprint density at radius 2 is 1.80 bits per heavy atom. The van der Waals surface area contributed by atoms with E-state index < -0.39 is 5.91 Å². The Bertz CT molecular complexity index is 892. The molecule has 1 N–H and O–H groups in total. The number of anilines is 1. The summed E-state index contributed by atoms with van der Waals surface area (Å²) in [7, 11) is 0. The van der Waals surface area contributed by atoms with Crippen LogP contribution in [-0.4, -0.2) is 29.3 Å². The van der Waals surface area contributed by atoms with E-state index >= 15 is 0 Å². The standard InChI is InChI=1S/C18H15N3O4/c22-17(19-13-6-7-14-15(11-13)24-9-8-23-14)18-21-20-16(25-18)10-12-4-2-1-3-5-12/h1-7,11H,8-10H2,(H,19,22). The molecule has 7 heteroatoms. The van der Waals surface area contributed by atoms with Gasteiger partial charge in [-0.05, 0) is 17.7 Å². The Morgan fingerprint density at radius 3 is 2.64 bits per heavy atom. The van der Waals surface area contributed by atoms with Crippen molar-refractivity contribution < 1.29 is 18.7 Å². The Labute approximate surface area is 143 Å². The molecule has 0 bridgehead atoms. The smallest absolute Gasteiger partial charge is 0.313 e. The third-order valence-corrected chi connectivity index (χ3v) is 3.66. The quantitative estimate of drug-likeness (QED) is 0.788. The average Bonchev–Trinajstić information content (AvgIpc) is 3.11. The van der Waals surface area contributed by atoms with Gasteiger partial charge in [-0.2, -0.15) is 0 Å². The topological polar surface area (TPSA) is 86.5 Å². The highest BCUT2D eigenvalue weighted by molar-refractivity contribution is 6.01. The molecular weight excluding hydrogens is 322 g/mol. The van der Waals surface area contributed by atoms with Gasteiger partial charge in [0.15, 0.2) is 11.5 Å². The first-order chi connectivity index (χ1) is 12.3. The molecule has 0 unspecified atom stereocenters. The van der Waals surface area contributed by atoms with Crippen LogP contribution in [0.3, 0.4) is 0 Å². The highest BCUT2D eigenvalue weighted by Gasteiger charge is 2.17. The minimum atomic E-state index is -0.469. The summed E-state index contributed by atoms with van der Waals surface area (Å²) in [6, 6.07) is 14.9. The second-order valence-corrected chi connectivity index (χ2v) is 5.48. The second kappa shape index (κ2) is 6.64. The number of carbonyl (C=O) groups is 1. The molecule has 1 aromatic heterocycles. The van der Waals surface area contributed by atoms with Gasteiger partial charge in [-0.25, -0.2) is 0 Å². The fourth-order valence-corrected chi connectivity index (χ4v) is 2.49. The second-order valence-electron chi connectivity index (χ2n) is 5.48. The molecule has 2 heterocycles. The van der Waals surface area contributed by atoms with Crippen LogP contribution in [0.4, 0.5) is 5.69 Å². The van der Waals surface area contributed by atoms with Gasteiger partial charge in [-0.1, -0.05) is 30.3 Å². The molecule has 3 aromatic rings. The van der Waals surface area contributed by atoms with E-state index in [0.29, 0.717) is 42.7 Å². The summed E-state index contributed by atoms with van der Waals surface area (Å²) in [4.78, 5) is 12.3. The highest BCUT2D eigenvalue weighted by Crippen LogP contribution is 2.32. The lowest BCUT2D eigenvalue weighted by Gasteiger charge is -2.18. The number of hydrogen-bond acceptors (Lipinski definition) is 6. The number of aromatic nitrogens is 2. The lowest BCUT2D eigenvalue weighted by molar-refractivity contribution is 0.0988. The Hall–Kier alpha value is -3.35. The summed E-state index contributed by atoms with van der Waals surface area (Å²) < 4.78 is 16.4. The van der Waals surface area contributed by atoms with E-state index in [9.17, 15) is 4.79 Å². The lowest BCUT2D eigenvalue weighted by Crippen LogP contribution is -2.16. The highest BCUT2D eigenvalue weighted by atomic mass is 16.6. The van der Waals surface area contributed by atoms with Crippen molar-refractivity contribution in [3.8, 4) is 11.5 Å². The van der Waals surface area contributed by atoms with Crippen LogP contribution in [0.2, 0.25) is 0 Å². The number of benzene rings is 2. The van der Waals surface area contributed by atoms with Crippen LogP contribution in [0.1, 0.15) is 22.1 Å².